The van der Waals surface area contributed by atoms with Gasteiger partial charge in [0.2, 0.25) is 0 Å². The first-order chi connectivity index (χ1) is 12.1. The fourth-order valence-corrected chi connectivity index (χ4v) is 3.86. The molecule has 4 aromatic rings. The maximum Gasteiger partial charge on any atom is 0.270 e. The lowest BCUT2D eigenvalue weighted by Gasteiger charge is -2.14. The molecule has 0 saturated heterocycles. The average molecular weight is 383 g/mol. The summed E-state index contributed by atoms with van der Waals surface area (Å²) in [6.07, 6.45) is 0. The maximum absolute atomic E-state index is 11.2. The van der Waals surface area contributed by atoms with Crippen LogP contribution in [0.5, 0.6) is 0 Å². The molecule has 26 heavy (non-hydrogen) atoms. The van der Waals surface area contributed by atoms with Crippen molar-refractivity contribution in [3.63, 3.8) is 0 Å². The Balaban J connectivity index is 0.00000196. The van der Waals surface area contributed by atoms with Gasteiger partial charge in [-0.15, -0.1) is 23.7 Å². The minimum atomic E-state index is -0.364. The number of benzene rings is 2. The van der Waals surface area contributed by atoms with E-state index in [1.165, 1.54) is 6.07 Å². The molecule has 4 nitrogen and oxygen atoms in total. The maximum atomic E-state index is 11.2. The van der Waals surface area contributed by atoms with Gasteiger partial charge < -0.3 is 0 Å². The quantitative estimate of drug-likeness (QED) is 0.310. The molecule has 0 aliphatic heterocycles. The van der Waals surface area contributed by atoms with E-state index in [2.05, 4.69) is 0 Å². The molecule has 6 heteroatoms. The van der Waals surface area contributed by atoms with Crippen molar-refractivity contribution >= 4 is 40.3 Å². The Kier molecular flexibility index (Phi) is 5.02. The molecule has 0 aliphatic rings. The first kappa shape index (κ1) is 18.0. The molecule has 2 aromatic heterocycles. The highest BCUT2D eigenvalue weighted by atomic mass is 35.5. The lowest BCUT2D eigenvalue weighted by Crippen LogP contribution is -1.96. The first-order valence-electron chi connectivity index (χ1n) is 7.83. The van der Waals surface area contributed by atoms with Crippen molar-refractivity contribution in [3.05, 3.63) is 81.7 Å². The van der Waals surface area contributed by atoms with Crippen molar-refractivity contribution in [2.75, 3.05) is 0 Å². The number of hydrogen-bond acceptors (Lipinski definition) is 4. The Morgan fingerprint density at radius 3 is 2.46 bits per heavy atom. The zero-order chi connectivity index (χ0) is 17.4. The normalized spacial score (nSPS) is 10.5. The summed E-state index contributed by atoms with van der Waals surface area (Å²) in [5.74, 6) is 0. The molecule has 2 heterocycles. The number of halogens is 1. The van der Waals surface area contributed by atoms with Gasteiger partial charge in [-0.3, -0.25) is 10.1 Å². The van der Waals surface area contributed by atoms with E-state index in [0.717, 1.165) is 38.2 Å². The van der Waals surface area contributed by atoms with Crippen LogP contribution in [0.1, 0.15) is 5.56 Å². The molecule has 0 aliphatic carbocycles. The van der Waals surface area contributed by atoms with Gasteiger partial charge in [-0.1, -0.05) is 36.4 Å². The third kappa shape index (κ3) is 3.07. The number of aromatic nitrogens is 1. The number of rotatable bonds is 3. The largest absolute Gasteiger partial charge is 0.270 e. The van der Waals surface area contributed by atoms with Gasteiger partial charge in [-0.2, -0.15) is 0 Å². The molecule has 0 spiro atoms. The molecule has 130 valence electrons. The van der Waals surface area contributed by atoms with Gasteiger partial charge in [0.1, 0.15) is 0 Å². The van der Waals surface area contributed by atoms with E-state index in [-0.39, 0.29) is 23.0 Å². The van der Waals surface area contributed by atoms with Crippen molar-refractivity contribution < 1.29 is 4.92 Å². The van der Waals surface area contributed by atoms with Gasteiger partial charge in [0.25, 0.3) is 5.69 Å². The highest BCUT2D eigenvalue weighted by Gasteiger charge is 2.17. The van der Waals surface area contributed by atoms with Crippen LogP contribution in [0.4, 0.5) is 5.69 Å². The number of hydrogen-bond donors (Lipinski definition) is 0. The summed E-state index contributed by atoms with van der Waals surface area (Å²) in [4.78, 5) is 16.7. The average Bonchev–Trinajstić information content (AvgIpc) is 3.16. The SMILES string of the molecule is Cc1c(-c2cccs2)nc2ccc([N+](=O)[O-])cc2c1-c1ccccc1.Cl. The van der Waals surface area contributed by atoms with Crippen molar-refractivity contribution in [1.29, 1.82) is 0 Å². The zero-order valence-corrected chi connectivity index (χ0v) is 15.5. The number of pyridine rings is 1. The van der Waals surface area contributed by atoms with Gasteiger partial charge in [0.15, 0.2) is 0 Å². The fourth-order valence-electron chi connectivity index (χ4n) is 3.09. The summed E-state index contributed by atoms with van der Waals surface area (Å²) in [5.41, 5.74) is 4.83. The zero-order valence-electron chi connectivity index (χ0n) is 13.9. The summed E-state index contributed by atoms with van der Waals surface area (Å²) < 4.78 is 0. The smallest absolute Gasteiger partial charge is 0.258 e. The van der Waals surface area contributed by atoms with Crippen LogP contribution in [0.25, 0.3) is 32.6 Å². The Morgan fingerprint density at radius 1 is 1.04 bits per heavy atom. The Hall–Kier alpha value is -2.76. The third-order valence-electron chi connectivity index (χ3n) is 4.24. The van der Waals surface area contributed by atoms with Crippen LogP contribution in [0.3, 0.4) is 0 Å². The number of non-ortho nitro benzene ring substituents is 1. The lowest BCUT2D eigenvalue weighted by molar-refractivity contribution is -0.384. The highest BCUT2D eigenvalue weighted by molar-refractivity contribution is 7.13. The van der Waals surface area contributed by atoms with Gasteiger partial charge in [-0.05, 0) is 41.1 Å². The number of fused-ring (bicyclic) bond motifs is 1. The van der Waals surface area contributed by atoms with Crippen molar-refractivity contribution in [3.8, 4) is 21.7 Å². The van der Waals surface area contributed by atoms with E-state index >= 15 is 0 Å². The second-order valence-corrected chi connectivity index (χ2v) is 6.71. The monoisotopic (exact) mass is 382 g/mol. The summed E-state index contributed by atoms with van der Waals surface area (Å²) in [7, 11) is 0. The minimum Gasteiger partial charge on any atom is -0.258 e. The summed E-state index contributed by atoms with van der Waals surface area (Å²) >= 11 is 1.64. The van der Waals surface area contributed by atoms with Crippen LogP contribution in [-0.2, 0) is 0 Å². The summed E-state index contributed by atoms with van der Waals surface area (Å²) in [6.45, 7) is 2.03. The van der Waals surface area contributed by atoms with E-state index in [1.54, 1.807) is 23.5 Å². The molecule has 0 N–H and O–H groups in total. The van der Waals surface area contributed by atoms with Crippen molar-refractivity contribution in [1.82, 2.24) is 4.98 Å². The number of thiophene rings is 1. The fraction of sp³-hybridized carbons (Fsp3) is 0.0500. The molecule has 0 unspecified atom stereocenters. The lowest BCUT2D eigenvalue weighted by atomic mass is 9.94. The predicted molar refractivity (Wildman–Crippen MR) is 109 cm³/mol. The molecule has 0 saturated carbocycles. The second kappa shape index (κ2) is 7.23. The number of nitro groups is 1. The van der Waals surface area contributed by atoms with E-state index < -0.39 is 0 Å². The molecule has 2 aromatic carbocycles. The van der Waals surface area contributed by atoms with E-state index in [0.29, 0.717) is 0 Å². The highest BCUT2D eigenvalue weighted by Crippen LogP contribution is 2.38. The molecule has 4 rings (SSSR count). The summed E-state index contributed by atoms with van der Waals surface area (Å²) in [5, 5.41) is 14.0. The molecular formula is C20H15ClN2O2S. The topological polar surface area (TPSA) is 56.0 Å². The predicted octanol–water partition coefficient (Wildman–Crippen LogP) is 6.27. The van der Waals surface area contributed by atoms with Gasteiger partial charge in [0.05, 0.1) is 21.0 Å². The van der Waals surface area contributed by atoms with Gasteiger partial charge in [0, 0.05) is 17.5 Å². The van der Waals surface area contributed by atoms with Crippen LogP contribution >= 0.6 is 23.7 Å². The Morgan fingerprint density at radius 2 is 1.81 bits per heavy atom. The van der Waals surface area contributed by atoms with Crippen LogP contribution < -0.4 is 0 Å². The third-order valence-corrected chi connectivity index (χ3v) is 5.12. The van der Waals surface area contributed by atoms with Crippen LogP contribution in [0, 0.1) is 17.0 Å². The van der Waals surface area contributed by atoms with Crippen molar-refractivity contribution in [2.24, 2.45) is 0 Å². The van der Waals surface area contributed by atoms with Crippen molar-refractivity contribution in [2.45, 2.75) is 6.92 Å². The van der Waals surface area contributed by atoms with E-state index in [4.69, 9.17) is 4.98 Å². The van der Waals surface area contributed by atoms with Crippen LogP contribution in [0.2, 0.25) is 0 Å². The molecule has 0 radical (unpaired) electrons. The van der Waals surface area contributed by atoms with Crippen LogP contribution in [-0.4, -0.2) is 9.91 Å². The molecule has 0 amide bonds. The number of nitrogens with zero attached hydrogens (tertiary/aromatic N) is 2. The Labute approximate surface area is 160 Å². The molecule has 0 atom stereocenters. The number of nitro benzene ring substituents is 1. The first-order valence-corrected chi connectivity index (χ1v) is 8.71. The Bertz CT molecular complexity index is 1080. The summed E-state index contributed by atoms with van der Waals surface area (Å²) in [6, 6.07) is 18.9. The van der Waals surface area contributed by atoms with Crippen LogP contribution in [0.15, 0.2) is 66.0 Å². The van der Waals surface area contributed by atoms with Gasteiger partial charge >= 0.3 is 0 Å². The standard InChI is InChI=1S/C20H14N2O2S.ClH/c1-13-19(14-6-3-2-4-7-14)16-12-15(22(23)24)9-10-17(16)21-20(13)18-8-5-11-25-18;/h2-12H,1H3;1H. The van der Waals surface area contributed by atoms with Gasteiger partial charge in [-0.25, -0.2) is 4.98 Å². The second-order valence-electron chi connectivity index (χ2n) is 5.76. The van der Waals surface area contributed by atoms with E-state index in [9.17, 15) is 10.1 Å². The minimum absolute atomic E-state index is 0. The molecule has 0 bridgehead atoms. The molecule has 0 fully saturated rings. The molecular weight excluding hydrogens is 368 g/mol. The van der Waals surface area contributed by atoms with E-state index in [1.807, 2.05) is 54.8 Å².